The van der Waals surface area contributed by atoms with E-state index in [9.17, 15) is 14.4 Å². The normalized spacial score (nSPS) is 13.8. The number of nitrogens with one attached hydrogen (secondary N) is 2. The number of anilines is 1. The minimum Gasteiger partial charge on any atom is -0.481 e. The molecule has 0 bridgehead atoms. The average molecular weight is 542 g/mol. The molecule has 5 rings (SSSR count). The molecule has 1 saturated carbocycles. The van der Waals surface area contributed by atoms with E-state index in [1.165, 1.54) is 0 Å². The Morgan fingerprint density at radius 3 is 2.60 bits per heavy atom. The minimum absolute atomic E-state index is 0.0629. The molecule has 1 fully saturated rings. The van der Waals surface area contributed by atoms with Gasteiger partial charge in [0.15, 0.2) is 0 Å². The number of aliphatic carboxylic acids is 1. The number of carbonyl (C=O) groups is 3. The summed E-state index contributed by atoms with van der Waals surface area (Å²) in [5.41, 5.74) is 6.10. The van der Waals surface area contributed by atoms with Gasteiger partial charge in [-0.05, 0) is 93.0 Å². The maximum Gasteiger partial charge on any atom is 0.303 e. The van der Waals surface area contributed by atoms with Gasteiger partial charge in [0.1, 0.15) is 6.04 Å². The van der Waals surface area contributed by atoms with Gasteiger partial charge >= 0.3 is 5.97 Å². The van der Waals surface area contributed by atoms with Crippen molar-refractivity contribution in [2.45, 2.75) is 71.5 Å². The van der Waals surface area contributed by atoms with E-state index in [-0.39, 0.29) is 24.3 Å². The maximum atomic E-state index is 13.6. The van der Waals surface area contributed by atoms with Crippen molar-refractivity contribution in [3.8, 4) is 0 Å². The van der Waals surface area contributed by atoms with Crippen LogP contribution in [-0.2, 0) is 22.6 Å². The first kappa shape index (κ1) is 27.2. The lowest BCUT2D eigenvalue weighted by Crippen LogP contribution is -2.25. The molecule has 3 N–H and O–H groups in total. The molecule has 2 aromatic heterocycles. The lowest BCUT2D eigenvalue weighted by atomic mass is 10.0. The molecule has 9 nitrogen and oxygen atoms in total. The Labute approximate surface area is 233 Å². The van der Waals surface area contributed by atoms with Gasteiger partial charge in [-0.1, -0.05) is 12.1 Å². The third-order valence-corrected chi connectivity index (χ3v) is 7.38. The van der Waals surface area contributed by atoms with Crippen LogP contribution in [0, 0.1) is 13.8 Å². The number of nitrogens with zero attached hydrogens (tertiary/aromatic N) is 3. The summed E-state index contributed by atoms with van der Waals surface area (Å²) < 4.78 is 3.78. The van der Waals surface area contributed by atoms with Crippen molar-refractivity contribution in [2.24, 2.45) is 0 Å². The van der Waals surface area contributed by atoms with Crippen LogP contribution in [0.4, 0.5) is 5.69 Å². The Morgan fingerprint density at radius 1 is 1.10 bits per heavy atom. The first-order chi connectivity index (χ1) is 19.2. The monoisotopic (exact) mass is 541 g/mol. The number of hydrogen-bond donors (Lipinski definition) is 3. The Hall–Kier alpha value is -4.40. The van der Waals surface area contributed by atoms with Crippen molar-refractivity contribution in [1.82, 2.24) is 19.7 Å². The topological polar surface area (TPSA) is 118 Å². The van der Waals surface area contributed by atoms with Gasteiger partial charge in [-0.3, -0.25) is 19.1 Å². The van der Waals surface area contributed by atoms with Gasteiger partial charge in [0.05, 0.1) is 12.7 Å². The second-order valence-corrected chi connectivity index (χ2v) is 10.8. The van der Waals surface area contributed by atoms with E-state index in [1.807, 2.05) is 78.8 Å². The molecule has 0 aliphatic heterocycles. The average Bonchev–Trinajstić information content (AvgIpc) is 3.55. The number of aromatic nitrogens is 3. The summed E-state index contributed by atoms with van der Waals surface area (Å²) in [6.07, 6.45) is 8.84. The fraction of sp³-hybridized carbons (Fsp3) is 0.355. The molecule has 0 radical (unpaired) electrons. The second-order valence-electron chi connectivity index (χ2n) is 10.8. The number of hydrogen-bond acceptors (Lipinski definition) is 4. The molecule has 2 aromatic carbocycles. The lowest BCUT2D eigenvalue weighted by Gasteiger charge is -2.18. The molecule has 208 valence electrons. The summed E-state index contributed by atoms with van der Waals surface area (Å²) in [7, 11) is 0. The highest BCUT2D eigenvalue weighted by atomic mass is 16.4. The van der Waals surface area contributed by atoms with Crippen LogP contribution in [0.25, 0.3) is 10.9 Å². The van der Waals surface area contributed by atoms with Gasteiger partial charge in [-0.25, -0.2) is 0 Å². The number of fused-ring (bicyclic) bond motifs is 1. The zero-order valence-electron chi connectivity index (χ0n) is 23.1. The van der Waals surface area contributed by atoms with Crippen molar-refractivity contribution in [3.05, 3.63) is 82.8 Å². The minimum atomic E-state index is -0.840. The molecule has 2 heterocycles. The van der Waals surface area contributed by atoms with Crippen LogP contribution in [0.15, 0.2) is 55.0 Å². The van der Waals surface area contributed by atoms with Gasteiger partial charge in [-0.2, -0.15) is 5.10 Å². The predicted molar refractivity (Wildman–Crippen MR) is 154 cm³/mol. The smallest absolute Gasteiger partial charge is 0.303 e. The van der Waals surface area contributed by atoms with Crippen LogP contribution in [0.5, 0.6) is 0 Å². The number of carboxylic acids is 1. The van der Waals surface area contributed by atoms with Crippen molar-refractivity contribution in [2.75, 3.05) is 5.32 Å². The quantitative estimate of drug-likeness (QED) is 0.247. The van der Waals surface area contributed by atoms with Gasteiger partial charge < -0.3 is 20.3 Å². The van der Waals surface area contributed by atoms with E-state index in [4.69, 9.17) is 5.11 Å². The van der Waals surface area contributed by atoms with Crippen LogP contribution in [0.2, 0.25) is 0 Å². The van der Waals surface area contributed by atoms with Gasteiger partial charge in [-0.15, -0.1) is 0 Å². The van der Waals surface area contributed by atoms with Crippen molar-refractivity contribution in [3.63, 3.8) is 0 Å². The molecule has 1 aliphatic carbocycles. The molecule has 0 spiro atoms. The highest BCUT2D eigenvalue weighted by Gasteiger charge is 2.25. The lowest BCUT2D eigenvalue weighted by molar-refractivity contribution is -0.137. The van der Waals surface area contributed by atoms with Crippen molar-refractivity contribution in [1.29, 1.82) is 0 Å². The summed E-state index contributed by atoms with van der Waals surface area (Å²) in [6.45, 7) is 6.37. The number of benzene rings is 2. The highest BCUT2D eigenvalue weighted by Crippen LogP contribution is 2.28. The van der Waals surface area contributed by atoms with E-state index >= 15 is 0 Å². The van der Waals surface area contributed by atoms with Crippen molar-refractivity contribution < 1.29 is 19.5 Å². The van der Waals surface area contributed by atoms with Crippen LogP contribution in [-0.4, -0.2) is 43.3 Å². The van der Waals surface area contributed by atoms with Crippen LogP contribution >= 0.6 is 0 Å². The van der Waals surface area contributed by atoms with Crippen LogP contribution in [0.3, 0.4) is 0 Å². The van der Waals surface area contributed by atoms with E-state index in [0.29, 0.717) is 30.6 Å². The molecule has 40 heavy (non-hydrogen) atoms. The summed E-state index contributed by atoms with van der Waals surface area (Å²) in [4.78, 5) is 37.2. The van der Waals surface area contributed by atoms with E-state index < -0.39 is 12.0 Å². The molecule has 1 aliphatic rings. The van der Waals surface area contributed by atoms with Crippen LogP contribution < -0.4 is 10.6 Å². The third kappa shape index (κ3) is 6.25. The molecular formula is C31H35N5O4. The Balaban J connectivity index is 1.37. The maximum absolute atomic E-state index is 13.6. The molecule has 1 unspecified atom stereocenters. The summed E-state index contributed by atoms with van der Waals surface area (Å²) in [5, 5.41) is 20.5. The largest absolute Gasteiger partial charge is 0.481 e. The predicted octanol–water partition coefficient (Wildman–Crippen LogP) is 5.00. The van der Waals surface area contributed by atoms with Gasteiger partial charge in [0.2, 0.25) is 5.91 Å². The van der Waals surface area contributed by atoms with E-state index in [0.717, 1.165) is 46.0 Å². The Morgan fingerprint density at radius 2 is 1.90 bits per heavy atom. The molecular weight excluding hydrogens is 506 g/mol. The molecule has 0 saturated heterocycles. The van der Waals surface area contributed by atoms with Gasteiger partial charge in [0, 0.05) is 47.0 Å². The molecule has 1 atom stereocenters. The first-order valence-electron chi connectivity index (χ1n) is 13.7. The summed E-state index contributed by atoms with van der Waals surface area (Å²) in [5.74, 6) is -1.09. The molecule has 9 heteroatoms. The fourth-order valence-corrected chi connectivity index (χ4v) is 4.97. The number of carbonyl (C=O) groups excluding carboxylic acids is 2. The SMILES string of the molecule is Cc1cnn(Cc2ccc(CCCC(=O)O)c(NC(=O)C(C)n3cc(C)c4cc(C(=O)NC5CC5)ccc43)c2)c1. The molecule has 2 amide bonds. The Bertz CT molecular complexity index is 1580. The number of rotatable bonds is 11. The zero-order chi connectivity index (χ0) is 28.4. The number of aryl methyl sites for hydroxylation is 3. The second kappa shape index (κ2) is 11.4. The standard InChI is InChI=1S/C31H35N5O4/c1-19-15-32-35(16-19)18-22-7-8-23(5-4-6-29(37)38)27(13-22)34-30(39)21(3)36-17-20(2)26-14-24(9-12-28(26)36)31(40)33-25-10-11-25/h7-9,12-17,21,25H,4-6,10-11,18H2,1-3H3,(H,33,40)(H,34,39)(H,37,38). The summed E-state index contributed by atoms with van der Waals surface area (Å²) in [6, 6.07) is 11.3. The molecule has 4 aromatic rings. The van der Waals surface area contributed by atoms with Crippen LogP contribution in [0.1, 0.15) is 71.3 Å². The zero-order valence-corrected chi connectivity index (χ0v) is 23.1. The first-order valence-corrected chi connectivity index (χ1v) is 13.7. The third-order valence-electron chi connectivity index (χ3n) is 7.38. The highest BCUT2D eigenvalue weighted by molar-refractivity contribution is 6.00. The van der Waals surface area contributed by atoms with E-state index in [2.05, 4.69) is 15.7 Å². The summed E-state index contributed by atoms with van der Waals surface area (Å²) >= 11 is 0. The van der Waals surface area contributed by atoms with E-state index in [1.54, 1.807) is 6.20 Å². The number of carboxylic acid groups (broad SMARTS) is 1. The fourth-order valence-electron chi connectivity index (χ4n) is 4.97. The number of amides is 2. The van der Waals surface area contributed by atoms with Crippen molar-refractivity contribution >= 4 is 34.4 Å². The van der Waals surface area contributed by atoms with Gasteiger partial charge in [0.25, 0.3) is 5.91 Å². The Kier molecular flexibility index (Phi) is 7.73.